The van der Waals surface area contributed by atoms with Gasteiger partial charge in [0.25, 0.3) is 0 Å². The van der Waals surface area contributed by atoms with Crippen molar-refractivity contribution >= 4 is 23.2 Å². The average molecular weight is 235 g/mol. The molecule has 1 fully saturated rings. The summed E-state index contributed by atoms with van der Waals surface area (Å²) in [5.74, 6) is 2.61. The highest BCUT2D eigenvalue weighted by atomic mass is 32.2. The third kappa shape index (κ3) is 2.40. The Bertz CT molecular complexity index is 368. The molecule has 1 atom stereocenters. The van der Waals surface area contributed by atoms with E-state index in [1.807, 2.05) is 36.0 Å². The molecule has 86 valence electrons. The van der Waals surface area contributed by atoms with Gasteiger partial charge in [0.1, 0.15) is 0 Å². The molecule has 1 aromatic rings. The first kappa shape index (κ1) is 11.5. The van der Waals surface area contributed by atoms with Crippen LogP contribution in [0.5, 0.6) is 0 Å². The topological polar surface area (TPSA) is 20.3 Å². The predicted molar refractivity (Wildman–Crippen MR) is 70.6 cm³/mol. The minimum atomic E-state index is 0.130. The summed E-state index contributed by atoms with van der Waals surface area (Å²) in [6, 6.07) is 8.56. The summed E-state index contributed by atoms with van der Waals surface area (Å²) in [5, 5.41) is 0. The van der Waals surface area contributed by atoms with Gasteiger partial charge < -0.3 is 4.90 Å². The Morgan fingerprint density at radius 1 is 1.38 bits per heavy atom. The molecule has 0 amide bonds. The first-order chi connectivity index (χ1) is 7.68. The largest absolute Gasteiger partial charge is 0.371 e. The van der Waals surface area contributed by atoms with E-state index >= 15 is 0 Å². The van der Waals surface area contributed by atoms with Gasteiger partial charge >= 0.3 is 0 Å². The summed E-state index contributed by atoms with van der Waals surface area (Å²) in [6.45, 7) is 1.60. The molecule has 0 saturated carbocycles. The third-order valence-corrected chi connectivity index (χ3v) is 4.28. The van der Waals surface area contributed by atoms with Crippen LogP contribution < -0.4 is 4.90 Å². The summed E-state index contributed by atoms with van der Waals surface area (Å²) < 4.78 is 0. The molecule has 0 radical (unpaired) electrons. The first-order valence-electron chi connectivity index (χ1n) is 5.60. The molecule has 1 unspecified atom stereocenters. The highest BCUT2D eigenvalue weighted by Crippen LogP contribution is 2.25. The van der Waals surface area contributed by atoms with Crippen LogP contribution in [0.2, 0.25) is 0 Å². The van der Waals surface area contributed by atoms with E-state index in [0.29, 0.717) is 6.04 Å². The number of anilines is 1. The second-order valence-electron chi connectivity index (χ2n) is 4.23. The number of carbonyl (C=O) groups is 1. The monoisotopic (exact) mass is 235 g/mol. The third-order valence-electron chi connectivity index (χ3n) is 3.13. The van der Waals surface area contributed by atoms with Crippen molar-refractivity contribution in [2.75, 3.05) is 23.5 Å². The molecule has 0 N–H and O–H groups in total. The average Bonchev–Trinajstić information content (AvgIpc) is 2.81. The smallest absolute Gasteiger partial charge is 0.159 e. The van der Waals surface area contributed by atoms with E-state index in [1.165, 1.54) is 23.6 Å². The molecule has 3 heteroatoms. The lowest BCUT2D eigenvalue weighted by atomic mass is 10.1. The minimum absolute atomic E-state index is 0.130. The Morgan fingerprint density at radius 3 is 2.56 bits per heavy atom. The zero-order valence-corrected chi connectivity index (χ0v) is 10.6. The Kier molecular flexibility index (Phi) is 3.54. The summed E-state index contributed by atoms with van der Waals surface area (Å²) in [7, 11) is 2.14. The van der Waals surface area contributed by atoms with E-state index in [1.54, 1.807) is 6.92 Å². The molecule has 0 bridgehead atoms. The number of rotatable bonds is 3. The van der Waals surface area contributed by atoms with Crippen molar-refractivity contribution in [1.82, 2.24) is 0 Å². The summed E-state index contributed by atoms with van der Waals surface area (Å²) >= 11 is 2.02. The van der Waals surface area contributed by atoms with Crippen molar-refractivity contribution < 1.29 is 4.79 Å². The Balaban J connectivity index is 2.11. The fourth-order valence-electron chi connectivity index (χ4n) is 1.97. The van der Waals surface area contributed by atoms with E-state index in [4.69, 9.17) is 0 Å². The van der Waals surface area contributed by atoms with Crippen molar-refractivity contribution in [1.29, 1.82) is 0 Å². The van der Waals surface area contributed by atoms with Crippen molar-refractivity contribution in [3.63, 3.8) is 0 Å². The maximum absolute atomic E-state index is 11.2. The highest BCUT2D eigenvalue weighted by molar-refractivity contribution is 7.99. The van der Waals surface area contributed by atoms with Crippen molar-refractivity contribution in [3.8, 4) is 0 Å². The number of thioether (sulfide) groups is 1. The molecular formula is C13H17NOS. The molecule has 0 aromatic heterocycles. The second-order valence-corrected chi connectivity index (χ2v) is 5.38. The van der Waals surface area contributed by atoms with Gasteiger partial charge in [-0.25, -0.2) is 0 Å². The van der Waals surface area contributed by atoms with Crippen LogP contribution in [0.4, 0.5) is 5.69 Å². The molecule has 1 aliphatic rings. The number of nitrogens with zero attached hydrogens (tertiary/aromatic N) is 1. The molecule has 2 nitrogen and oxygen atoms in total. The van der Waals surface area contributed by atoms with Gasteiger partial charge in [-0.15, -0.1) is 0 Å². The van der Waals surface area contributed by atoms with Crippen molar-refractivity contribution in [2.45, 2.75) is 19.4 Å². The van der Waals surface area contributed by atoms with Crippen LogP contribution in [-0.2, 0) is 0 Å². The molecule has 1 aliphatic heterocycles. The van der Waals surface area contributed by atoms with Gasteiger partial charge in [0.05, 0.1) is 0 Å². The van der Waals surface area contributed by atoms with Crippen LogP contribution in [0.1, 0.15) is 23.7 Å². The molecule has 1 heterocycles. The van der Waals surface area contributed by atoms with Gasteiger partial charge in [-0.1, -0.05) is 0 Å². The zero-order chi connectivity index (χ0) is 11.5. The number of benzene rings is 1. The first-order valence-corrected chi connectivity index (χ1v) is 6.75. The quantitative estimate of drug-likeness (QED) is 0.751. The van der Waals surface area contributed by atoms with Gasteiger partial charge in [0.15, 0.2) is 5.78 Å². The van der Waals surface area contributed by atoms with Crippen LogP contribution in [0, 0.1) is 0 Å². The predicted octanol–water partition coefficient (Wildman–Crippen LogP) is 2.83. The molecule has 0 spiro atoms. The SMILES string of the molecule is CC(=O)c1ccc(N(C)C2CCSC2)cc1. The van der Waals surface area contributed by atoms with Crippen LogP contribution in [0.25, 0.3) is 0 Å². The van der Waals surface area contributed by atoms with Crippen LogP contribution in [0.3, 0.4) is 0 Å². The standard InChI is InChI=1S/C13H17NOS/c1-10(15)11-3-5-12(6-4-11)14(2)13-7-8-16-9-13/h3-6,13H,7-9H2,1-2H3. The number of Topliss-reactive ketones (excluding diaryl/α,β-unsaturated/α-hetero) is 1. The fourth-order valence-corrected chi connectivity index (χ4v) is 3.24. The van der Waals surface area contributed by atoms with Gasteiger partial charge in [-0.05, 0) is 43.4 Å². The van der Waals surface area contributed by atoms with Crippen LogP contribution in [-0.4, -0.2) is 30.4 Å². The lowest BCUT2D eigenvalue weighted by Crippen LogP contribution is -2.31. The summed E-state index contributed by atoms with van der Waals surface area (Å²) in [4.78, 5) is 13.5. The Hall–Kier alpha value is -0.960. The maximum atomic E-state index is 11.2. The van der Waals surface area contributed by atoms with E-state index in [2.05, 4.69) is 11.9 Å². The lowest BCUT2D eigenvalue weighted by molar-refractivity contribution is 0.101. The Labute approximate surface area is 101 Å². The Morgan fingerprint density at radius 2 is 2.06 bits per heavy atom. The lowest BCUT2D eigenvalue weighted by Gasteiger charge is -2.26. The second kappa shape index (κ2) is 4.91. The number of carbonyl (C=O) groups excluding carboxylic acids is 1. The van der Waals surface area contributed by atoms with Crippen molar-refractivity contribution in [3.05, 3.63) is 29.8 Å². The summed E-state index contributed by atoms with van der Waals surface area (Å²) in [5.41, 5.74) is 2.00. The van der Waals surface area contributed by atoms with Gasteiger partial charge in [-0.2, -0.15) is 11.8 Å². The van der Waals surface area contributed by atoms with Crippen LogP contribution in [0.15, 0.2) is 24.3 Å². The number of hydrogen-bond acceptors (Lipinski definition) is 3. The molecule has 2 rings (SSSR count). The number of hydrogen-bond donors (Lipinski definition) is 0. The van der Waals surface area contributed by atoms with E-state index in [9.17, 15) is 4.79 Å². The molecule has 0 aliphatic carbocycles. The summed E-state index contributed by atoms with van der Waals surface area (Å²) in [6.07, 6.45) is 1.26. The van der Waals surface area contributed by atoms with Gasteiger partial charge in [-0.3, -0.25) is 4.79 Å². The maximum Gasteiger partial charge on any atom is 0.159 e. The minimum Gasteiger partial charge on any atom is -0.371 e. The normalized spacial score (nSPS) is 19.8. The van der Waals surface area contributed by atoms with E-state index < -0.39 is 0 Å². The van der Waals surface area contributed by atoms with E-state index in [-0.39, 0.29) is 5.78 Å². The molecule has 1 aromatic carbocycles. The van der Waals surface area contributed by atoms with Gasteiger partial charge in [0, 0.05) is 30.1 Å². The van der Waals surface area contributed by atoms with Crippen molar-refractivity contribution in [2.24, 2.45) is 0 Å². The zero-order valence-electron chi connectivity index (χ0n) is 9.77. The molecular weight excluding hydrogens is 218 g/mol. The molecule has 1 saturated heterocycles. The number of ketones is 1. The fraction of sp³-hybridized carbons (Fsp3) is 0.462. The highest BCUT2D eigenvalue weighted by Gasteiger charge is 2.20. The van der Waals surface area contributed by atoms with Crippen LogP contribution >= 0.6 is 11.8 Å². The molecule has 16 heavy (non-hydrogen) atoms. The van der Waals surface area contributed by atoms with Gasteiger partial charge in [0.2, 0.25) is 0 Å². The van der Waals surface area contributed by atoms with E-state index in [0.717, 1.165) is 5.56 Å².